The number of unbranched alkanes of at least 4 members (excludes halogenated alkanes) is 1. The Hall–Kier alpha value is -0.740. The van der Waals surface area contributed by atoms with Crippen LogP contribution in [0.1, 0.15) is 19.8 Å². The monoisotopic (exact) mass is 219 g/mol. The van der Waals surface area contributed by atoms with E-state index in [9.17, 15) is 0 Å². The summed E-state index contributed by atoms with van der Waals surface area (Å²) in [5, 5.41) is 16.0. The van der Waals surface area contributed by atoms with Crippen molar-refractivity contribution >= 4 is 18.1 Å². The third-order valence-electron chi connectivity index (χ3n) is 1.82. The second-order valence-electron chi connectivity index (χ2n) is 3.00. The van der Waals surface area contributed by atoms with Crippen LogP contribution in [0.15, 0.2) is 12.4 Å². The van der Waals surface area contributed by atoms with Crippen molar-refractivity contribution in [2.24, 2.45) is 0 Å². The highest BCUT2D eigenvalue weighted by Crippen LogP contribution is 2.04. The lowest BCUT2D eigenvalue weighted by Crippen LogP contribution is -2.02. The molecule has 2 N–H and O–H groups in total. The Labute approximate surface area is 90.7 Å². The predicted molar refractivity (Wildman–Crippen MR) is 60.0 cm³/mol. The van der Waals surface area contributed by atoms with E-state index in [-0.39, 0.29) is 19.0 Å². The first kappa shape index (κ1) is 13.3. The maximum absolute atomic E-state index is 8.66. The molecule has 0 atom stereocenters. The summed E-state index contributed by atoms with van der Waals surface area (Å²) in [6.45, 7) is 3.85. The van der Waals surface area contributed by atoms with Crippen molar-refractivity contribution in [2.45, 2.75) is 26.3 Å². The molecule has 0 bridgehead atoms. The Morgan fingerprint density at radius 1 is 1.57 bits per heavy atom. The molecule has 0 fully saturated rings. The smallest absolute Gasteiger partial charge is 0.0726 e. The molecule has 0 aliphatic carbocycles. The van der Waals surface area contributed by atoms with Crippen LogP contribution in [-0.2, 0) is 6.54 Å². The summed E-state index contributed by atoms with van der Waals surface area (Å²) in [6.07, 6.45) is 6.06. The van der Waals surface area contributed by atoms with Crippen molar-refractivity contribution in [3.63, 3.8) is 0 Å². The SMILES string of the molecule is CCCCNc1cnn(CCO)c1.Cl. The Morgan fingerprint density at radius 2 is 2.36 bits per heavy atom. The summed E-state index contributed by atoms with van der Waals surface area (Å²) in [5.74, 6) is 0. The quantitative estimate of drug-likeness (QED) is 0.714. The second kappa shape index (κ2) is 7.64. The lowest BCUT2D eigenvalue weighted by molar-refractivity contribution is 0.269. The van der Waals surface area contributed by atoms with Crippen molar-refractivity contribution in [1.29, 1.82) is 0 Å². The first-order valence-corrected chi connectivity index (χ1v) is 4.74. The van der Waals surface area contributed by atoms with Crippen LogP contribution in [0.3, 0.4) is 0 Å². The molecule has 0 spiro atoms. The predicted octanol–water partition coefficient (Wildman–Crippen LogP) is 1.51. The summed E-state index contributed by atoms with van der Waals surface area (Å²) in [5.41, 5.74) is 1.03. The van der Waals surface area contributed by atoms with E-state index in [0.29, 0.717) is 6.54 Å². The van der Waals surface area contributed by atoms with Gasteiger partial charge in [-0.3, -0.25) is 4.68 Å². The van der Waals surface area contributed by atoms with Crippen LogP contribution >= 0.6 is 12.4 Å². The van der Waals surface area contributed by atoms with Gasteiger partial charge in [0.2, 0.25) is 0 Å². The molecule has 1 rings (SSSR count). The number of nitrogens with zero attached hydrogens (tertiary/aromatic N) is 2. The van der Waals surface area contributed by atoms with Gasteiger partial charge in [0.05, 0.1) is 25.0 Å². The van der Waals surface area contributed by atoms with Crippen LogP contribution in [0.25, 0.3) is 0 Å². The number of aliphatic hydroxyl groups excluding tert-OH is 1. The first-order chi connectivity index (χ1) is 6.36. The summed E-state index contributed by atoms with van der Waals surface area (Å²) >= 11 is 0. The van der Waals surface area contributed by atoms with Gasteiger partial charge >= 0.3 is 0 Å². The molecule has 0 saturated carbocycles. The largest absolute Gasteiger partial charge is 0.394 e. The number of aromatic nitrogens is 2. The van der Waals surface area contributed by atoms with Crippen molar-refractivity contribution < 1.29 is 5.11 Å². The van der Waals surface area contributed by atoms with E-state index in [0.717, 1.165) is 12.2 Å². The number of anilines is 1. The van der Waals surface area contributed by atoms with E-state index >= 15 is 0 Å². The summed E-state index contributed by atoms with van der Waals surface area (Å²) < 4.78 is 1.73. The Kier molecular flexibility index (Phi) is 7.24. The first-order valence-electron chi connectivity index (χ1n) is 4.74. The molecule has 0 aliphatic heterocycles. The Morgan fingerprint density at radius 3 is 3.00 bits per heavy atom. The minimum absolute atomic E-state index is 0. The average molecular weight is 220 g/mol. The third kappa shape index (κ3) is 4.48. The number of hydrogen-bond acceptors (Lipinski definition) is 3. The summed E-state index contributed by atoms with van der Waals surface area (Å²) in [7, 11) is 0. The number of aliphatic hydroxyl groups is 1. The van der Waals surface area contributed by atoms with E-state index < -0.39 is 0 Å². The Balaban J connectivity index is 0.00000169. The van der Waals surface area contributed by atoms with Crippen LogP contribution < -0.4 is 5.32 Å². The fourth-order valence-electron chi connectivity index (χ4n) is 1.09. The van der Waals surface area contributed by atoms with E-state index in [1.165, 1.54) is 12.8 Å². The number of halogens is 1. The molecular formula is C9H18ClN3O. The fraction of sp³-hybridized carbons (Fsp3) is 0.667. The zero-order valence-electron chi connectivity index (χ0n) is 8.44. The molecule has 1 heterocycles. The normalized spacial score (nSPS) is 9.57. The Bertz CT molecular complexity index is 240. The van der Waals surface area contributed by atoms with Crippen molar-refractivity contribution in [2.75, 3.05) is 18.5 Å². The topological polar surface area (TPSA) is 50.1 Å². The van der Waals surface area contributed by atoms with E-state index in [4.69, 9.17) is 5.11 Å². The minimum atomic E-state index is 0. The zero-order valence-corrected chi connectivity index (χ0v) is 9.26. The maximum Gasteiger partial charge on any atom is 0.0726 e. The lowest BCUT2D eigenvalue weighted by Gasteiger charge is -2.00. The van der Waals surface area contributed by atoms with Crippen molar-refractivity contribution in [3.8, 4) is 0 Å². The van der Waals surface area contributed by atoms with Gasteiger partial charge < -0.3 is 10.4 Å². The molecule has 0 amide bonds. The molecule has 0 aromatic carbocycles. The van der Waals surface area contributed by atoms with E-state index in [1.54, 1.807) is 10.9 Å². The van der Waals surface area contributed by atoms with Crippen LogP contribution in [-0.4, -0.2) is 28.0 Å². The maximum atomic E-state index is 8.66. The highest BCUT2D eigenvalue weighted by molar-refractivity contribution is 5.85. The summed E-state index contributed by atoms with van der Waals surface area (Å²) in [6, 6.07) is 0. The molecular weight excluding hydrogens is 202 g/mol. The highest BCUT2D eigenvalue weighted by atomic mass is 35.5. The zero-order chi connectivity index (χ0) is 9.52. The van der Waals surface area contributed by atoms with Crippen LogP contribution in [0.2, 0.25) is 0 Å². The van der Waals surface area contributed by atoms with Gasteiger partial charge in [-0.2, -0.15) is 5.10 Å². The minimum Gasteiger partial charge on any atom is -0.394 e. The lowest BCUT2D eigenvalue weighted by atomic mass is 10.3. The molecule has 14 heavy (non-hydrogen) atoms. The number of rotatable bonds is 6. The van der Waals surface area contributed by atoms with Gasteiger partial charge in [-0.1, -0.05) is 13.3 Å². The summed E-state index contributed by atoms with van der Waals surface area (Å²) in [4.78, 5) is 0. The molecule has 0 aliphatic rings. The van der Waals surface area contributed by atoms with Gasteiger partial charge in [0.25, 0.3) is 0 Å². The molecule has 82 valence electrons. The van der Waals surface area contributed by atoms with Crippen molar-refractivity contribution in [1.82, 2.24) is 9.78 Å². The van der Waals surface area contributed by atoms with Gasteiger partial charge in [0.1, 0.15) is 0 Å². The fourth-order valence-corrected chi connectivity index (χ4v) is 1.09. The second-order valence-corrected chi connectivity index (χ2v) is 3.00. The molecule has 0 radical (unpaired) electrons. The van der Waals surface area contributed by atoms with E-state index in [2.05, 4.69) is 17.3 Å². The molecule has 1 aromatic heterocycles. The van der Waals surface area contributed by atoms with Crippen LogP contribution in [0.4, 0.5) is 5.69 Å². The number of hydrogen-bond donors (Lipinski definition) is 2. The van der Waals surface area contributed by atoms with Gasteiger partial charge in [0, 0.05) is 12.7 Å². The highest BCUT2D eigenvalue weighted by Gasteiger charge is 1.95. The van der Waals surface area contributed by atoms with Crippen molar-refractivity contribution in [3.05, 3.63) is 12.4 Å². The van der Waals surface area contributed by atoms with Gasteiger partial charge in [0.15, 0.2) is 0 Å². The number of nitrogens with one attached hydrogen (secondary N) is 1. The standard InChI is InChI=1S/C9H17N3O.ClH/c1-2-3-4-10-9-7-11-12(8-9)5-6-13;/h7-8,10,13H,2-6H2,1H3;1H. The molecule has 0 saturated heterocycles. The van der Waals surface area contributed by atoms with Crippen LogP contribution in [0, 0.1) is 0 Å². The molecule has 4 nitrogen and oxygen atoms in total. The van der Waals surface area contributed by atoms with Gasteiger partial charge in [-0.15, -0.1) is 12.4 Å². The van der Waals surface area contributed by atoms with Gasteiger partial charge in [-0.25, -0.2) is 0 Å². The molecule has 1 aromatic rings. The van der Waals surface area contributed by atoms with Crippen LogP contribution in [0.5, 0.6) is 0 Å². The van der Waals surface area contributed by atoms with E-state index in [1.807, 2.05) is 6.20 Å². The third-order valence-corrected chi connectivity index (χ3v) is 1.82. The van der Waals surface area contributed by atoms with Gasteiger partial charge in [-0.05, 0) is 6.42 Å². The molecule has 0 unspecified atom stereocenters. The molecule has 5 heteroatoms. The average Bonchev–Trinajstić information content (AvgIpc) is 2.54.